The average Bonchev–Trinajstić information content (AvgIpc) is 2.69. The van der Waals surface area contributed by atoms with Crippen molar-refractivity contribution in [3.8, 4) is 0 Å². The van der Waals surface area contributed by atoms with Gasteiger partial charge in [-0.05, 0) is 18.6 Å². The molecule has 2 amide bonds. The van der Waals surface area contributed by atoms with E-state index < -0.39 is 23.4 Å². The van der Waals surface area contributed by atoms with Gasteiger partial charge < -0.3 is 4.90 Å². The van der Waals surface area contributed by atoms with E-state index in [-0.39, 0.29) is 17.7 Å². The van der Waals surface area contributed by atoms with E-state index in [1.807, 2.05) is 0 Å². The summed E-state index contributed by atoms with van der Waals surface area (Å²) in [7, 11) is 0. The number of hydrogen-bond acceptors (Lipinski definition) is 4. The molecule has 19 heavy (non-hydrogen) atoms. The molecule has 1 radical (unpaired) electrons. The molecule has 2 aliphatic rings. The molecule has 0 bridgehead atoms. The van der Waals surface area contributed by atoms with Gasteiger partial charge in [-0.2, -0.15) is 0 Å². The second-order valence-electron chi connectivity index (χ2n) is 4.40. The van der Waals surface area contributed by atoms with Crippen LogP contribution in [0.4, 0.5) is 11.4 Å². The summed E-state index contributed by atoms with van der Waals surface area (Å²) in [6.07, 6.45) is 0.773. The number of nitrogens with zero attached hydrogens (tertiary/aromatic N) is 2. The van der Waals surface area contributed by atoms with E-state index in [0.717, 1.165) is 0 Å². The fourth-order valence-corrected chi connectivity index (χ4v) is 2.33. The van der Waals surface area contributed by atoms with E-state index in [0.29, 0.717) is 18.7 Å². The van der Waals surface area contributed by atoms with Gasteiger partial charge in [0.15, 0.2) is 0 Å². The van der Waals surface area contributed by atoms with Crippen molar-refractivity contribution in [3.05, 3.63) is 23.8 Å². The number of anilines is 1. The predicted molar refractivity (Wildman–Crippen MR) is 64.2 cm³/mol. The van der Waals surface area contributed by atoms with Crippen molar-refractivity contribution < 1.29 is 19.2 Å². The lowest BCUT2D eigenvalue weighted by Crippen LogP contribution is -2.42. The van der Waals surface area contributed by atoms with Gasteiger partial charge in [0, 0.05) is 13.0 Å². The van der Waals surface area contributed by atoms with Gasteiger partial charge in [-0.25, -0.2) is 5.32 Å². The third-order valence-electron chi connectivity index (χ3n) is 3.22. The number of carbonyl (C=O) groups excluding carboxylic acids is 4. The Morgan fingerprint density at radius 3 is 2.68 bits per heavy atom. The summed E-state index contributed by atoms with van der Waals surface area (Å²) in [5.41, 5.74) is 0.684. The molecule has 0 aromatic heterocycles. The zero-order valence-electron chi connectivity index (χ0n) is 9.88. The van der Waals surface area contributed by atoms with Crippen LogP contribution in [0.3, 0.4) is 0 Å². The SMILES string of the molecule is O=C1CCCN(c2cccc3c2C(=O)C(=O)[N]3)C1=O. The fraction of sp³-hybridized carbons (Fsp3) is 0.231. The van der Waals surface area contributed by atoms with Gasteiger partial charge in [0.2, 0.25) is 5.78 Å². The van der Waals surface area contributed by atoms with Crippen molar-refractivity contribution in [1.82, 2.24) is 5.32 Å². The highest BCUT2D eigenvalue weighted by molar-refractivity contribution is 6.50. The minimum absolute atomic E-state index is 0.121. The van der Waals surface area contributed by atoms with Crippen molar-refractivity contribution in [2.24, 2.45) is 0 Å². The Hall–Kier alpha value is -2.50. The standard InChI is InChI=1S/C13H9N2O4/c16-9-5-2-6-15(13(9)19)8-4-1-3-7-10(8)11(17)12(18)14-7/h1,3-4H,2,5-6H2. The Morgan fingerprint density at radius 1 is 1.11 bits per heavy atom. The van der Waals surface area contributed by atoms with Crippen LogP contribution in [-0.4, -0.2) is 29.9 Å². The second-order valence-corrected chi connectivity index (χ2v) is 4.40. The van der Waals surface area contributed by atoms with Crippen molar-refractivity contribution in [2.45, 2.75) is 12.8 Å². The van der Waals surface area contributed by atoms with Crippen LogP contribution in [0.2, 0.25) is 0 Å². The van der Waals surface area contributed by atoms with Crippen LogP contribution in [0.1, 0.15) is 23.2 Å². The summed E-state index contributed by atoms with van der Waals surface area (Å²) in [6.45, 7) is 0.364. The van der Waals surface area contributed by atoms with Gasteiger partial charge in [-0.15, -0.1) is 0 Å². The lowest BCUT2D eigenvalue weighted by Gasteiger charge is -2.26. The first-order chi connectivity index (χ1) is 9.09. The second kappa shape index (κ2) is 4.01. The largest absolute Gasteiger partial charge is 0.318 e. The van der Waals surface area contributed by atoms with E-state index in [1.54, 1.807) is 12.1 Å². The first kappa shape index (κ1) is 11.6. The number of Topliss-reactive ketones (excluding diaryl/α,β-unsaturated/α-hetero) is 2. The lowest BCUT2D eigenvalue weighted by atomic mass is 10.0. The molecule has 2 heterocycles. The number of carbonyl (C=O) groups is 4. The third-order valence-corrected chi connectivity index (χ3v) is 3.22. The summed E-state index contributed by atoms with van der Waals surface area (Å²) in [6, 6.07) is 4.70. The van der Waals surface area contributed by atoms with Crippen molar-refractivity contribution >= 4 is 34.8 Å². The maximum atomic E-state index is 11.9. The minimum Gasteiger partial charge on any atom is -0.305 e. The van der Waals surface area contributed by atoms with Crippen molar-refractivity contribution in [2.75, 3.05) is 11.4 Å². The van der Waals surface area contributed by atoms with E-state index >= 15 is 0 Å². The highest BCUT2D eigenvalue weighted by Gasteiger charge is 2.37. The van der Waals surface area contributed by atoms with E-state index in [4.69, 9.17) is 0 Å². The van der Waals surface area contributed by atoms with Crippen LogP contribution < -0.4 is 10.2 Å². The smallest absolute Gasteiger partial charge is 0.305 e. The topological polar surface area (TPSA) is 85.6 Å². The molecular weight excluding hydrogens is 248 g/mol. The molecule has 0 saturated carbocycles. The van der Waals surface area contributed by atoms with Gasteiger partial charge in [0.1, 0.15) is 0 Å². The molecule has 95 valence electrons. The maximum absolute atomic E-state index is 11.9. The highest BCUT2D eigenvalue weighted by atomic mass is 16.2. The van der Waals surface area contributed by atoms with Crippen LogP contribution >= 0.6 is 0 Å². The normalized spacial score (nSPS) is 18.6. The van der Waals surface area contributed by atoms with Crippen LogP contribution in [0.25, 0.3) is 0 Å². The first-order valence-corrected chi connectivity index (χ1v) is 5.87. The molecular formula is C13H9N2O4. The van der Waals surface area contributed by atoms with Gasteiger partial charge in [-0.3, -0.25) is 19.2 Å². The summed E-state index contributed by atoms with van der Waals surface area (Å²) >= 11 is 0. The van der Waals surface area contributed by atoms with Crippen molar-refractivity contribution in [1.29, 1.82) is 0 Å². The van der Waals surface area contributed by atoms with Crippen molar-refractivity contribution in [3.63, 3.8) is 0 Å². The molecule has 3 rings (SSSR count). The quantitative estimate of drug-likeness (QED) is 0.679. The van der Waals surface area contributed by atoms with Gasteiger partial charge >= 0.3 is 5.91 Å². The molecule has 1 aromatic rings. The van der Waals surface area contributed by atoms with Crippen LogP contribution in [0, 0.1) is 0 Å². The Kier molecular flexibility index (Phi) is 2.45. The van der Waals surface area contributed by atoms with Gasteiger partial charge in [-0.1, -0.05) is 6.07 Å². The van der Waals surface area contributed by atoms with E-state index in [1.165, 1.54) is 11.0 Å². The Balaban J connectivity index is 2.10. The van der Waals surface area contributed by atoms with Gasteiger partial charge in [0.25, 0.3) is 11.7 Å². The average molecular weight is 257 g/mol. The zero-order chi connectivity index (χ0) is 13.6. The third kappa shape index (κ3) is 1.64. The molecule has 0 atom stereocenters. The lowest BCUT2D eigenvalue weighted by molar-refractivity contribution is -0.137. The number of fused-ring (bicyclic) bond motifs is 1. The molecule has 6 nitrogen and oxygen atoms in total. The molecule has 1 aromatic carbocycles. The fourth-order valence-electron chi connectivity index (χ4n) is 2.33. The Bertz CT molecular complexity index is 636. The predicted octanol–water partition coefficient (Wildman–Crippen LogP) is 0.341. The summed E-state index contributed by atoms with van der Waals surface area (Å²) in [5, 5.41) is 3.62. The van der Waals surface area contributed by atoms with Crippen LogP contribution in [0.15, 0.2) is 18.2 Å². The molecule has 6 heteroatoms. The molecule has 1 saturated heterocycles. The number of amides is 2. The molecule has 1 fully saturated rings. The number of benzene rings is 1. The molecule has 0 unspecified atom stereocenters. The molecule has 2 aliphatic heterocycles. The maximum Gasteiger partial charge on any atom is 0.318 e. The minimum atomic E-state index is -0.835. The zero-order valence-corrected chi connectivity index (χ0v) is 9.88. The Labute approximate surface area is 108 Å². The number of piperidine rings is 1. The van der Waals surface area contributed by atoms with E-state index in [2.05, 4.69) is 5.32 Å². The first-order valence-electron chi connectivity index (χ1n) is 5.87. The number of ketones is 2. The molecule has 0 spiro atoms. The summed E-state index contributed by atoms with van der Waals surface area (Å²) in [5.74, 6) is -2.67. The number of rotatable bonds is 1. The van der Waals surface area contributed by atoms with Crippen LogP contribution in [-0.2, 0) is 14.4 Å². The monoisotopic (exact) mass is 257 g/mol. The summed E-state index contributed by atoms with van der Waals surface area (Å²) < 4.78 is 0. The van der Waals surface area contributed by atoms with E-state index in [9.17, 15) is 19.2 Å². The van der Waals surface area contributed by atoms with Gasteiger partial charge in [0.05, 0.1) is 16.9 Å². The Morgan fingerprint density at radius 2 is 1.89 bits per heavy atom. The molecule has 0 N–H and O–H groups in total. The number of hydrogen-bond donors (Lipinski definition) is 0. The van der Waals surface area contributed by atoms with Crippen LogP contribution in [0.5, 0.6) is 0 Å². The highest BCUT2D eigenvalue weighted by Crippen LogP contribution is 2.33. The summed E-state index contributed by atoms with van der Waals surface area (Å²) in [4.78, 5) is 47.7. The molecule has 0 aliphatic carbocycles.